The van der Waals surface area contributed by atoms with E-state index in [1.165, 1.54) is 31.5 Å². The van der Waals surface area contributed by atoms with Gasteiger partial charge < -0.3 is 54.6 Å². The minimum atomic E-state index is -2.28. The molecule has 1 saturated heterocycles. The van der Waals surface area contributed by atoms with Gasteiger partial charge in [-0.25, -0.2) is 4.79 Å². The summed E-state index contributed by atoms with van der Waals surface area (Å²) in [6.07, 6.45) is 0.0311. The summed E-state index contributed by atoms with van der Waals surface area (Å²) in [5.74, 6) is -5.53. The zero-order valence-corrected chi connectivity index (χ0v) is 22.6. The highest BCUT2D eigenvalue weighted by Crippen LogP contribution is 2.45. The second-order valence-electron chi connectivity index (χ2n) is 10.3. The van der Waals surface area contributed by atoms with Crippen molar-refractivity contribution >= 4 is 23.8 Å². The van der Waals surface area contributed by atoms with Crippen LogP contribution < -0.4 is 15.6 Å². The fraction of sp³-hybridized carbons (Fsp3) is 0.571. The molecule has 0 saturated carbocycles. The van der Waals surface area contributed by atoms with Crippen molar-refractivity contribution in [2.45, 2.75) is 61.5 Å². The number of aromatic nitrogens is 1. The molecule has 3 aliphatic rings. The Morgan fingerprint density at radius 3 is 2.61 bits per heavy atom. The van der Waals surface area contributed by atoms with E-state index >= 15 is 0 Å². The number of hydrogen-bond acceptors (Lipinski definition) is 11. The van der Waals surface area contributed by atoms with Gasteiger partial charge in [0.05, 0.1) is 32.0 Å². The summed E-state index contributed by atoms with van der Waals surface area (Å²) < 4.78 is 23.2. The van der Waals surface area contributed by atoms with Crippen molar-refractivity contribution in [3.63, 3.8) is 0 Å². The molecule has 0 radical (unpaired) electrons. The molecule has 1 aromatic rings. The van der Waals surface area contributed by atoms with Gasteiger partial charge in [0.2, 0.25) is 5.79 Å². The summed E-state index contributed by atoms with van der Waals surface area (Å²) in [4.78, 5) is 28.3. The molecule has 226 valence electrons. The number of esters is 1. The van der Waals surface area contributed by atoms with E-state index in [0.717, 1.165) is 0 Å². The fourth-order valence-electron chi connectivity index (χ4n) is 5.97. The second kappa shape index (κ2) is 12.4. The van der Waals surface area contributed by atoms with E-state index in [1.807, 2.05) is 0 Å². The summed E-state index contributed by atoms with van der Waals surface area (Å²) in [6, 6.07) is 1.67. The number of carbonyl (C=O) groups is 2. The van der Waals surface area contributed by atoms with Gasteiger partial charge in [0.15, 0.2) is 5.60 Å². The highest BCUT2D eigenvalue weighted by molar-refractivity contribution is 5.90. The van der Waals surface area contributed by atoms with Crippen molar-refractivity contribution in [2.75, 3.05) is 26.9 Å². The summed E-state index contributed by atoms with van der Waals surface area (Å²) >= 11 is 0. The van der Waals surface area contributed by atoms with Crippen LogP contribution in [-0.2, 0) is 28.5 Å². The third-order valence-electron chi connectivity index (χ3n) is 7.98. The molecular weight excluding hydrogens is 542 g/mol. The minimum Gasteiger partial charge on any atom is -0.661 e. The van der Waals surface area contributed by atoms with Crippen LogP contribution in [0.5, 0.6) is 0 Å². The van der Waals surface area contributed by atoms with Gasteiger partial charge in [0.1, 0.15) is 24.9 Å². The van der Waals surface area contributed by atoms with Gasteiger partial charge in [-0.05, 0) is 24.1 Å². The number of methoxy groups -OCH3 is 1. The van der Waals surface area contributed by atoms with Crippen LogP contribution in [0.2, 0.25) is 0 Å². The fourth-order valence-corrected chi connectivity index (χ4v) is 5.97. The van der Waals surface area contributed by atoms with Crippen molar-refractivity contribution in [1.82, 2.24) is 4.98 Å². The number of fused-ring (bicyclic) bond motifs is 1. The monoisotopic (exact) mass is 578 g/mol. The van der Waals surface area contributed by atoms with Crippen molar-refractivity contribution in [2.24, 2.45) is 11.8 Å². The lowest BCUT2D eigenvalue weighted by Crippen LogP contribution is -2.74. The third kappa shape index (κ3) is 5.46. The number of hydrogen-bond donors (Lipinski definition) is 6. The molecule has 0 unspecified atom stereocenters. The average Bonchev–Trinajstić information content (AvgIpc) is 3.44. The van der Waals surface area contributed by atoms with E-state index in [-0.39, 0.29) is 25.0 Å². The van der Waals surface area contributed by atoms with Gasteiger partial charge in [0, 0.05) is 30.4 Å². The van der Waals surface area contributed by atoms with Crippen LogP contribution in [0.1, 0.15) is 25.7 Å². The van der Waals surface area contributed by atoms with Crippen molar-refractivity contribution < 1.29 is 59.2 Å². The van der Waals surface area contributed by atoms with Crippen LogP contribution in [0.4, 0.5) is 0 Å². The molecule has 13 heteroatoms. The average molecular weight is 579 g/mol. The number of ether oxygens (including phenoxy) is 4. The lowest BCUT2D eigenvalue weighted by Gasteiger charge is -2.55. The van der Waals surface area contributed by atoms with E-state index in [4.69, 9.17) is 18.9 Å². The van der Waals surface area contributed by atoms with Crippen LogP contribution in [0.15, 0.2) is 36.6 Å². The standard InChI is InChI=1S/C28H36NO12/c1-3-16-18(11-22(33)34)17(26(37)38-2)6-7-19(16)40-28(14-32)25(36)24(35)27(21(13-31)41-28)12-15-8-9-29-23(15)20(39-27)5-4-10-30/h3,6,8-9,12,16,18-19,21,24-25,30-32,35-36H,1,4-5,7,10-11,13-14H2,2H3,(H,33,34)/q-1/t16-,18+,19-,21-,24-,25-,27-,28-/m1/s1. The Hall–Kier alpha value is -3.04. The topological polar surface area (TPSA) is 207 Å². The van der Waals surface area contributed by atoms with Crippen molar-refractivity contribution in [3.8, 4) is 0 Å². The molecule has 1 fully saturated rings. The molecule has 2 aliphatic heterocycles. The number of carboxylic acids is 1. The van der Waals surface area contributed by atoms with Crippen LogP contribution >= 0.6 is 0 Å². The predicted molar refractivity (Wildman–Crippen MR) is 140 cm³/mol. The zero-order valence-electron chi connectivity index (χ0n) is 22.6. The molecule has 1 aromatic heterocycles. The SMILES string of the molecule is C=C[C@@H]1[C@H](CC(=O)O)C(C(=O)OC)=CC[C@H]1O[C@]1(CO)O[C@H](CO)[C@]2(C=c3cc[n-]c3=C(CCCO)O2)[C@H](O)[C@H]1O. The Bertz CT molecular complexity index is 1290. The molecule has 1 aliphatic carbocycles. The molecule has 3 heterocycles. The summed E-state index contributed by atoms with van der Waals surface area (Å²) in [5, 5.41) is 63.8. The van der Waals surface area contributed by atoms with Crippen LogP contribution in [-0.4, -0.2) is 105 Å². The van der Waals surface area contributed by atoms with E-state index in [9.17, 15) is 40.2 Å². The van der Waals surface area contributed by atoms with Gasteiger partial charge in [-0.1, -0.05) is 23.6 Å². The highest BCUT2D eigenvalue weighted by atomic mass is 16.7. The maximum atomic E-state index is 12.4. The molecule has 13 nitrogen and oxygen atoms in total. The van der Waals surface area contributed by atoms with E-state index in [1.54, 1.807) is 6.07 Å². The van der Waals surface area contributed by atoms with E-state index < -0.39 is 79.2 Å². The Morgan fingerprint density at radius 1 is 1.24 bits per heavy atom. The Morgan fingerprint density at radius 2 is 2.00 bits per heavy atom. The van der Waals surface area contributed by atoms with Crippen molar-refractivity contribution in [1.29, 1.82) is 0 Å². The van der Waals surface area contributed by atoms with E-state index in [0.29, 0.717) is 22.7 Å². The van der Waals surface area contributed by atoms with Crippen molar-refractivity contribution in [3.05, 3.63) is 47.1 Å². The Kier molecular flexibility index (Phi) is 9.39. The molecule has 0 aromatic carbocycles. The Labute approximate surface area is 235 Å². The molecule has 0 bridgehead atoms. The summed E-state index contributed by atoms with van der Waals surface area (Å²) in [5.41, 5.74) is -1.68. The van der Waals surface area contributed by atoms with E-state index in [2.05, 4.69) is 11.6 Å². The smallest absolute Gasteiger partial charge is 0.333 e. The largest absolute Gasteiger partial charge is 0.661 e. The van der Waals surface area contributed by atoms with Crippen LogP contribution in [0, 0.1) is 11.8 Å². The number of aliphatic hydroxyl groups excluding tert-OH is 5. The molecule has 6 N–H and O–H groups in total. The lowest BCUT2D eigenvalue weighted by molar-refractivity contribution is -0.394. The molecule has 0 amide bonds. The van der Waals surface area contributed by atoms with Crippen LogP contribution in [0.3, 0.4) is 0 Å². The van der Waals surface area contributed by atoms with Gasteiger partial charge in [0.25, 0.3) is 0 Å². The molecule has 1 spiro atoms. The molecule has 41 heavy (non-hydrogen) atoms. The lowest BCUT2D eigenvalue weighted by atomic mass is 9.74. The number of carbonyl (C=O) groups excluding carboxylic acids is 1. The second-order valence-corrected chi connectivity index (χ2v) is 10.3. The number of aliphatic hydroxyl groups is 5. The van der Waals surface area contributed by atoms with Gasteiger partial charge in [-0.15, -0.1) is 6.58 Å². The quantitative estimate of drug-likeness (QED) is 0.120. The first-order valence-corrected chi connectivity index (χ1v) is 13.3. The highest BCUT2D eigenvalue weighted by Gasteiger charge is 2.64. The van der Waals surface area contributed by atoms with Gasteiger partial charge in [-0.2, -0.15) is 6.20 Å². The van der Waals surface area contributed by atoms with Crippen LogP contribution in [0.25, 0.3) is 11.8 Å². The molecular formula is C28H36NO12-. The van der Waals surface area contributed by atoms with Gasteiger partial charge in [-0.3, -0.25) is 4.79 Å². The predicted octanol–water partition coefficient (Wildman–Crippen LogP) is -2.34. The number of aliphatic carboxylic acids is 1. The zero-order chi connectivity index (χ0) is 29.9. The Balaban J connectivity index is 1.70. The molecule has 4 rings (SSSR count). The maximum Gasteiger partial charge on any atom is 0.333 e. The normalized spacial score (nSPS) is 34.7. The molecule has 8 atom stereocenters. The maximum absolute atomic E-state index is 12.4. The van der Waals surface area contributed by atoms with Gasteiger partial charge >= 0.3 is 11.9 Å². The first-order valence-electron chi connectivity index (χ1n) is 13.3. The third-order valence-corrected chi connectivity index (χ3v) is 7.98. The summed E-state index contributed by atoms with van der Waals surface area (Å²) in [7, 11) is 1.18. The first-order chi connectivity index (χ1) is 19.6. The summed E-state index contributed by atoms with van der Waals surface area (Å²) in [6.45, 7) is 1.97. The minimum absolute atomic E-state index is 0.0321. The number of carboxylic acid groups (broad SMARTS) is 1. The number of nitrogens with zero attached hydrogens (tertiary/aromatic N) is 1. The number of rotatable bonds is 11. The first kappa shape index (κ1) is 30.9.